The van der Waals surface area contributed by atoms with Gasteiger partial charge in [-0.2, -0.15) is 0 Å². The lowest BCUT2D eigenvalue weighted by Crippen LogP contribution is -2.27. The van der Waals surface area contributed by atoms with Gasteiger partial charge in [0.15, 0.2) is 11.5 Å². The van der Waals surface area contributed by atoms with Gasteiger partial charge >= 0.3 is 0 Å². The molecule has 5 aromatic carbocycles. The second-order valence-electron chi connectivity index (χ2n) is 9.49. The van der Waals surface area contributed by atoms with E-state index >= 15 is 0 Å². The van der Waals surface area contributed by atoms with Gasteiger partial charge in [-0.05, 0) is 68.7 Å². The molecule has 5 aromatic rings. The Morgan fingerprint density at radius 2 is 1.51 bits per heavy atom. The fraction of sp³-hybridized carbons (Fsp3) is 0.118. The van der Waals surface area contributed by atoms with E-state index in [1.807, 2.05) is 66.7 Å². The summed E-state index contributed by atoms with van der Waals surface area (Å²) in [5, 5.41) is 4.30. The van der Waals surface area contributed by atoms with Gasteiger partial charge in [-0.25, -0.2) is 0 Å². The second kappa shape index (κ2) is 12.1. The Morgan fingerprint density at radius 1 is 0.805 bits per heavy atom. The smallest absolute Gasteiger partial charge is 0.293 e. The molecule has 0 aliphatic carbocycles. The van der Waals surface area contributed by atoms with Crippen molar-refractivity contribution in [3.63, 3.8) is 0 Å². The molecule has 7 heteroatoms. The highest BCUT2D eigenvalue weighted by Gasteiger charge is 2.35. The maximum absolute atomic E-state index is 13.2. The fourth-order valence-corrected chi connectivity index (χ4v) is 6.65. The van der Waals surface area contributed by atoms with Crippen LogP contribution in [0, 0.1) is 0 Å². The molecule has 1 aliphatic rings. The zero-order valence-electron chi connectivity index (χ0n) is 22.4. The van der Waals surface area contributed by atoms with Gasteiger partial charge in [-0.3, -0.25) is 14.5 Å². The molecule has 0 bridgehead atoms. The number of hydrogen-bond acceptors (Lipinski definition) is 6. The van der Waals surface area contributed by atoms with Crippen molar-refractivity contribution in [2.75, 3.05) is 19.5 Å². The van der Waals surface area contributed by atoms with Crippen LogP contribution in [-0.2, 0) is 11.3 Å². The topological polar surface area (TPSA) is 55.8 Å². The van der Waals surface area contributed by atoms with Crippen molar-refractivity contribution in [2.24, 2.45) is 0 Å². The van der Waals surface area contributed by atoms with Gasteiger partial charge in [-0.15, -0.1) is 11.8 Å². The fourth-order valence-electron chi connectivity index (χ4n) is 4.91. The number of carbonyl (C=O) groups is 2. The van der Waals surface area contributed by atoms with Crippen LogP contribution >= 0.6 is 23.5 Å². The van der Waals surface area contributed by atoms with Crippen molar-refractivity contribution in [2.45, 2.75) is 11.4 Å². The summed E-state index contributed by atoms with van der Waals surface area (Å²) in [6.45, 7) is 0.743. The van der Waals surface area contributed by atoms with Crippen LogP contribution in [0.4, 0.5) is 4.79 Å². The second-order valence-corrected chi connectivity index (χ2v) is 11.6. The van der Waals surface area contributed by atoms with Crippen LogP contribution in [0.3, 0.4) is 0 Å². The maximum Gasteiger partial charge on any atom is 0.293 e. The number of amides is 2. The predicted octanol–water partition coefficient (Wildman–Crippen LogP) is 8.41. The highest BCUT2D eigenvalue weighted by atomic mass is 32.2. The van der Waals surface area contributed by atoms with Crippen molar-refractivity contribution in [3.05, 3.63) is 119 Å². The van der Waals surface area contributed by atoms with Gasteiger partial charge in [0.05, 0.1) is 25.2 Å². The molecule has 0 spiro atoms. The Kier molecular flexibility index (Phi) is 7.98. The van der Waals surface area contributed by atoms with Crippen molar-refractivity contribution in [3.8, 4) is 11.5 Å². The first kappa shape index (κ1) is 27.0. The van der Waals surface area contributed by atoms with E-state index in [4.69, 9.17) is 9.47 Å². The van der Waals surface area contributed by atoms with E-state index in [2.05, 4.69) is 36.4 Å². The number of hydrogen-bond donors (Lipinski definition) is 0. The Hall–Kier alpha value is -4.20. The molecule has 204 valence electrons. The van der Waals surface area contributed by atoms with Crippen LogP contribution in [0.2, 0.25) is 0 Å². The quantitative estimate of drug-likeness (QED) is 0.0996. The van der Waals surface area contributed by atoms with Crippen LogP contribution in [0.5, 0.6) is 11.5 Å². The minimum atomic E-state index is -0.294. The molecule has 1 heterocycles. The highest BCUT2D eigenvalue weighted by Crippen LogP contribution is 2.36. The van der Waals surface area contributed by atoms with E-state index < -0.39 is 0 Å². The number of benzene rings is 5. The van der Waals surface area contributed by atoms with E-state index in [0.29, 0.717) is 23.0 Å². The number of carbonyl (C=O) groups excluding carboxylic acids is 2. The Labute approximate surface area is 247 Å². The van der Waals surface area contributed by atoms with E-state index in [1.54, 1.807) is 24.9 Å². The number of imide groups is 1. The lowest BCUT2D eigenvalue weighted by Gasteiger charge is -2.14. The number of methoxy groups -OCH3 is 1. The van der Waals surface area contributed by atoms with Gasteiger partial charge in [0, 0.05) is 10.6 Å². The average molecular weight is 578 g/mol. The van der Waals surface area contributed by atoms with E-state index in [1.165, 1.54) is 20.6 Å². The van der Waals surface area contributed by atoms with Crippen molar-refractivity contribution in [1.29, 1.82) is 0 Å². The third-order valence-corrected chi connectivity index (χ3v) is 8.86. The minimum absolute atomic E-state index is 0.232. The lowest BCUT2D eigenvalue weighted by molar-refractivity contribution is -0.123. The van der Waals surface area contributed by atoms with Crippen LogP contribution < -0.4 is 9.47 Å². The normalized spacial score (nSPS) is 14.4. The number of fused-ring (bicyclic) bond motifs is 2. The molecule has 5 nitrogen and oxygen atoms in total. The summed E-state index contributed by atoms with van der Waals surface area (Å²) in [6.07, 6.45) is 1.73. The number of ether oxygens (including phenoxy) is 2. The average Bonchev–Trinajstić information content (AvgIpc) is 3.27. The number of thioether (sulfide) groups is 2. The highest BCUT2D eigenvalue weighted by molar-refractivity contribution is 8.18. The summed E-state index contributed by atoms with van der Waals surface area (Å²) < 4.78 is 11.6. The van der Waals surface area contributed by atoms with Gasteiger partial charge in [0.25, 0.3) is 11.1 Å². The molecule has 0 aromatic heterocycles. The van der Waals surface area contributed by atoms with E-state index in [-0.39, 0.29) is 17.7 Å². The molecule has 1 fully saturated rings. The van der Waals surface area contributed by atoms with E-state index in [9.17, 15) is 9.59 Å². The van der Waals surface area contributed by atoms with E-state index in [0.717, 1.165) is 39.4 Å². The summed E-state index contributed by atoms with van der Waals surface area (Å²) in [6, 6.07) is 34.1. The predicted molar refractivity (Wildman–Crippen MR) is 169 cm³/mol. The Bertz CT molecular complexity index is 1790. The van der Waals surface area contributed by atoms with Gasteiger partial charge in [-0.1, -0.05) is 84.9 Å². The first-order valence-corrected chi connectivity index (χ1v) is 15.0. The standard InChI is InChI=1S/C34H27NO4S2/c1-38-30-20-23(16-17-29(30)39-18-19-40-31-15-7-11-25-9-3-5-14-28(25)31)21-32-33(36)35(34(37)41-32)22-26-12-6-10-24-8-2-4-13-27(24)26/h2-17,20-21H,18-19,22H2,1H3/b32-21-. The van der Waals surface area contributed by atoms with Crippen molar-refractivity contribution < 1.29 is 19.1 Å². The zero-order chi connectivity index (χ0) is 28.2. The molecule has 1 saturated heterocycles. The first-order valence-electron chi connectivity index (χ1n) is 13.2. The molecule has 0 saturated carbocycles. The molecule has 41 heavy (non-hydrogen) atoms. The van der Waals surface area contributed by atoms with Crippen molar-refractivity contribution in [1.82, 2.24) is 4.90 Å². The molecular formula is C34H27NO4S2. The summed E-state index contributed by atoms with van der Waals surface area (Å²) in [4.78, 5) is 28.9. The molecule has 1 aliphatic heterocycles. The van der Waals surface area contributed by atoms with Crippen LogP contribution in [-0.4, -0.2) is 35.5 Å². The summed E-state index contributed by atoms with van der Waals surface area (Å²) in [7, 11) is 1.59. The van der Waals surface area contributed by atoms with Crippen molar-refractivity contribution >= 4 is 62.3 Å². The summed E-state index contributed by atoms with van der Waals surface area (Å²) in [5.41, 5.74) is 1.70. The van der Waals surface area contributed by atoms with Gasteiger partial charge < -0.3 is 9.47 Å². The number of nitrogens with zero attached hydrogens (tertiary/aromatic N) is 1. The largest absolute Gasteiger partial charge is 0.493 e. The minimum Gasteiger partial charge on any atom is -0.493 e. The first-order chi connectivity index (χ1) is 20.1. The van der Waals surface area contributed by atoms with Crippen LogP contribution in [0.15, 0.2) is 113 Å². The molecule has 0 unspecified atom stereocenters. The summed E-state index contributed by atoms with van der Waals surface area (Å²) in [5.74, 6) is 1.69. The van der Waals surface area contributed by atoms with Crippen LogP contribution in [0.1, 0.15) is 11.1 Å². The molecule has 0 atom stereocenters. The van der Waals surface area contributed by atoms with Crippen LogP contribution in [0.25, 0.3) is 27.6 Å². The SMILES string of the molecule is COc1cc(/C=C2\SC(=O)N(Cc3cccc4ccccc34)C2=O)ccc1OCCSc1cccc2ccccc12. The lowest BCUT2D eigenvalue weighted by atomic mass is 10.0. The molecule has 6 rings (SSSR count). The van der Waals surface area contributed by atoms with Gasteiger partial charge in [0.2, 0.25) is 0 Å². The Morgan fingerprint density at radius 3 is 2.32 bits per heavy atom. The molecule has 0 radical (unpaired) electrons. The Balaban J connectivity index is 1.11. The molecule has 0 N–H and O–H groups in total. The monoisotopic (exact) mass is 577 g/mol. The van der Waals surface area contributed by atoms with Gasteiger partial charge in [0.1, 0.15) is 0 Å². The summed E-state index contributed by atoms with van der Waals surface area (Å²) >= 11 is 2.71. The maximum atomic E-state index is 13.2. The molecule has 2 amide bonds. The third kappa shape index (κ3) is 5.82. The molecular weight excluding hydrogens is 551 g/mol. The number of rotatable bonds is 9. The zero-order valence-corrected chi connectivity index (χ0v) is 24.0. The third-order valence-electron chi connectivity index (χ3n) is 6.92.